The molecular formula is C22H29F2N3O3. The van der Waals surface area contributed by atoms with E-state index in [1.807, 2.05) is 11.8 Å². The SMILES string of the molecule is CCCNC(=O)C1CCN(C(=O)C2CCN(C(=O)c3ccc(F)cc3F)CC2)CC1. The Labute approximate surface area is 175 Å². The third-order valence-corrected chi connectivity index (χ3v) is 6.02. The molecule has 6 nitrogen and oxygen atoms in total. The molecule has 0 aliphatic carbocycles. The maximum absolute atomic E-state index is 13.9. The van der Waals surface area contributed by atoms with Gasteiger partial charge in [0.15, 0.2) is 0 Å². The fourth-order valence-electron chi connectivity index (χ4n) is 4.18. The Hall–Kier alpha value is -2.51. The number of hydrogen-bond donors (Lipinski definition) is 1. The van der Waals surface area contributed by atoms with Crippen LogP contribution in [0.3, 0.4) is 0 Å². The van der Waals surface area contributed by atoms with Crippen LogP contribution in [0.1, 0.15) is 49.4 Å². The van der Waals surface area contributed by atoms with E-state index in [1.54, 1.807) is 0 Å². The molecule has 1 aromatic rings. The fourth-order valence-corrected chi connectivity index (χ4v) is 4.18. The molecule has 164 valence electrons. The average Bonchev–Trinajstić information content (AvgIpc) is 2.77. The van der Waals surface area contributed by atoms with Crippen molar-refractivity contribution in [1.29, 1.82) is 0 Å². The van der Waals surface area contributed by atoms with Gasteiger partial charge in [0.2, 0.25) is 11.8 Å². The van der Waals surface area contributed by atoms with Gasteiger partial charge < -0.3 is 15.1 Å². The summed E-state index contributed by atoms with van der Waals surface area (Å²) in [7, 11) is 0. The Bertz CT molecular complexity index is 786. The van der Waals surface area contributed by atoms with Crippen LogP contribution in [0.4, 0.5) is 8.78 Å². The number of carbonyl (C=O) groups is 3. The van der Waals surface area contributed by atoms with Crippen molar-refractivity contribution in [3.8, 4) is 0 Å². The minimum Gasteiger partial charge on any atom is -0.356 e. The van der Waals surface area contributed by atoms with Crippen LogP contribution in [0.5, 0.6) is 0 Å². The lowest BCUT2D eigenvalue weighted by atomic mass is 9.91. The van der Waals surface area contributed by atoms with E-state index in [2.05, 4.69) is 5.32 Å². The molecule has 0 bridgehead atoms. The largest absolute Gasteiger partial charge is 0.356 e. The highest BCUT2D eigenvalue weighted by molar-refractivity contribution is 5.94. The van der Waals surface area contributed by atoms with Gasteiger partial charge in [-0.3, -0.25) is 14.4 Å². The van der Waals surface area contributed by atoms with E-state index in [1.165, 1.54) is 4.90 Å². The summed E-state index contributed by atoms with van der Waals surface area (Å²) in [4.78, 5) is 40.8. The molecule has 2 saturated heterocycles. The highest BCUT2D eigenvalue weighted by atomic mass is 19.1. The average molecular weight is 421 g/mol. The first-order valence-electron chi connectivity index (χ1n) is 10.7. The van der Waals surface area contributed by atoms with Gasteiger partial charge in [0.1, 0.15) is 11.6 Å². The Morgan fingerprint density at radius 1 is 0.967 bits per heavy atom. The van der Waals surface area contributed by atoms with Crippen LogP contribution in [0.25, 0.3) is 0 Å². The summed E-state index contributed by atoms with van der Waals surface area (Å²) in [6.07, 6.45) is 3.28. The highest BCUT2D eigenvalue weighted by Crippen LogP contribution is 2.25. The second-order valence-electron chi connectivity index (χ2n) is 8.08. The number of hydrogen-bond acceptors (Lipinski definition) is 3. The van der Waals surface area contributed by atoms with Gasteiger partial charge in [0.05, 0.1) is 5.56 Å². The molecule has 0 saturated carbocycles. The van der Waals surface area contributed by atoms with E-state index < -0.39 is 17.5 Å². The van der Waals surface area contributed by atoms with E-state index in [0.29, 0.717) is 64.5 Å². The topological polar surface area (TPSA) is 69.7 Å². The third-order valence-electron chi connectivity index (χ3n) is 6.02. The summed E-state index contributed by atoms with van der Waals surface area (Å²) in [6, 6.07) is 2.93. The van der Waals surface area contributed by atoms with Crippen molar-refractivity contribution in [3.63, 3.8) is 0 Å². The van der Waals surface area contributed by atoms with E-state index in [0.717, 1.165) is 18.6 Å². The molecule has 0 atom stereocenters. The lowest BCUT2D eigenvalue weighted by molar-refractivity contribution is -0.140. The van der Waals surface area contributed by atoms with Crippen LogP contribution in [-0.2, 0) is 9.59 Å². The van der Waals surface area contributed by atoms with Gasteiger partial charge in [-0.25, -0.2) is 8.78 Å². The second kappa shape index (κ2) is 10.00. The molecule has 1 N–H and O–H groups in total. The molecule has 2 fully saturated rings. The zero-order chi connectivity index (χ0) is 21.7. The van der Waals surface area contributed by atoms with Crippen molar-refractivity contribution in [2.45, 2.75) is 39.0 Å². The van der Waals surface area contributed by atoms with Gasteiger partial charge in [0, 0.05) is 50.6 Å². The molecule has 30 heavy (non-hydrogen) atoms. The molecule has 2 heterocycles. The number of piperidine rings is 2. The van der Waals surface area contributed by atoms with E-state index in [4.69, 9.17) is 0 Å². The van der Waals surface area contributed by atoms with E-state index in [9.17, 15) is 23.2 Å². The summed E-state index contributed by atoms with van der Waals surface area (Å²) >= 11 is 0. The van der Waals surface area contributed by atoms with Crippen LogP contribution in [0, 0.1) is 23.5 Å². The molecule has 0 aromatic heterocycles. The number of likely N-dealkylation sites (tertiary alicyclic amines) is 2. The monoisotopic (exact) mass is 421 g/mol. The van der Waals surface area contributed by atoms with Gasteiger partial charge in [-0.1, -0.05) is 6.92 Å². The molecule has 0 spiro atoms. The van der Waals surface area contributed by atoms with Gasteiger partial charge in [-0.15, -0.1) is 0 Å². The summed E-state index contributed by atoms with van der Waals surface area (Å²) < 4.78 is 26.9. The van der Waals surface area contributed by atoms with Crippen molar-refractivity contribution in [2.75, 3.05) is 32.7 Å². The Kier molecular flexibility index (Phi) is 7.39. The number of amides is 3. The number of carbonyl (C=O) groups excluding carboxylic acids is 3. The van der Waals surface area contributed by atoms with Crippen LogP contribution < -0.4 is 5.32 Å². The number of halogens is 2. The van der Waals surface area contributed by atoms with Crippen LogP contribution in [0.15, 0.2) is 18.2 Å². The van der Waals surface area contributed by atoms with Crippen molar-refractivity contribution >= 4 is 17.7 Å². The Morgan fingerprint density at radius 3 is 2.17 bits per heavy atom. The number of nitrogens with zero attached hydrogens (tertiary/aromatic N) is 2. The Morgan fingerprint density at radius 2 is 1.57 bits per heavy atom. The molecule has 3 amide bonds. The van der Waals surface area contributed by atoms with Crippen LogP contribution >= 0.6 is 0 Å². The predicted molar refractivity (Wildman–Crippen MR) is 108 cm³/mol. The summed E-state index contributed by atoms with van der Waals surface area (Å²) in [6.45, 7) is 4.56. The van der Waals surface area contributed by atoms with E-state index in [-0.39, 0.29) is 29.2 Å². The summed E-state index contributed by atoms with van der Waals surface area (Å²) in [5, 5.41) is 2.92. The van der Waals surface area contributed by atoms with Gasteiger partial charge in [-0.2, -0.15) is 0 Å². The molecule has 2 aliphatic heterocycles. The number of benzene rings is 1. The molecule has 0 radical (unpaired) electrons. The maximum atomic E-state index is 13.9. The Balaban J connectivity index is 1.47. The van der Waals surface area contributed by atoms with Crippen LogP contribution in [0.2, 0.25) is 0 Å². The minimum atomic E-state index is -0.871. The zero-order valence-electron chi connectivity index (χ0n) is 17.3. The van der Waals surface area contributed by atoms with Gasteiger partial charge >= 0.3 is 0 Å². The third kappa shape index (κ3) is 5.15. The standard InChI is InChI=1S/C22H29F2N3O3/c1-2-9-25-20(28)15-5-10-26(11-6-15)21(29)16-7-12-27(13-8-16)22(30)18-4-3-17(23)14-19(18)24/h3-4,14-16H,2,5-13H2,1H3,(H,25,28). The summed E-state index contributed by atoms with van der Waals surface area (Å²) in [5.74, 6) is -2.13. The summed E-state index contributed by atoms with van der Waals surface area (Å²) in [5.41, 5.74) is -0.149. The lowest BCUT2D eigenvalue weighted by Gasteiger charge is -2.37. The quantitative estimate of drug-likeness (QED) is 0.795. The lowest BCUT2D eigenvalue weighted by Crippen LogP contribution is -2.48. The molecule has 1 aromatic carbocycles. The molecular weight excluding hydrogens is 392 g/mol. The smallest absolute Gasteiger partial charge is 0.256 e. The molecule has 2 aliphatic rings. The van der Waals surface area contributed by atoms with Gasteiger partial charge in [0.25, 0.3) is 5.91 Å². The first-order valence-corrected chi connectivity index (χ1v) is 10.7. The zero-order valence-corrected chi connectivity index (χ0v) is 17.3. The molecule has 0 unspecified atom stereocenters. The number of nitrogens with one attached hydrogen (secondary N) is 1. The molecule has 3 rings (SSSR count). The fraction of sp³-hybridized carbons (Fsp3) is 0.591. The minimum absolute atomic E-state index is 0.0364. The first-order chi connectivity index (χ1) is 14.4. The second-order valence-corrected chi connectivity index (χ2v) is 8.08. The number of rotatable bonds is 5. The maximum Gasteiger partial charge on any atom is 0.256 e. The van der Waals surface area contributed by atoms with Crippen molar-refractivity contribution in [1.82, 2.24) is 15.1 Å². The highest BCUT2D eigenvalue weighted by Gasteiger charge is 2.34. The van der Waals surface area contributed by atoms with Crippen LogP contribution in [-0.4, -0.2) is 60.2 Å². The van der Waals surface area contributed by atoms with Crippen molar-refractivity contribution in [2.24, 2.45) is 11.8 Å². The first kappa shape index (κ1) is 22.2. The van der Waals surface area contributed by atoms with Crippen molar-refractivity contribution in [3.05, 3.63) is 35.4 Å². The van der Waals surface area contributed by atoms with E-state index >= 15 is 0 Å². The van der Waals surface area contributed by atoms with Crippen molar-refractivity contribution < 1.29 is 23.2 Å². The molecule has 8 heteroatoms. The predicted octanol–water partition coefficient (Wildman–Crippen LogP) is 2.58. The van der Waals surface area contributed by atoms with Gasteiger partial charge in [-0.05, 0) is 44.2 Å². The normalized spacial score (nSPS) is 18.4.